The standard InChI is InChI=1S/C24H18Br2F6/c1-10-4-15-17(6-13(8-19(15)25)23(27,28)29)21(10)12(3)22-11(2)5-16-18(22)7-14(9-20(16)26)24(30,31)32/h4-9,12,21-22H,1-3H3. The molecule has 0 amide bonds. The van der Waals surface area contributed by atoms with Crippen LogP contribution in [0, 0.1) is 5.92 Å². The molecule has 4 rings (SSSR count). The molecule has 0 saturated heterocycles. The summed E-state index contributed by atoms with van der Waals surface area (Å²) in [5.41, 5.74) is 2.76. The zero-order chi connectivity index (χ0) is 23.7. The first-order valence-electron chi connectivity index (χ1n) is 9.87. The molecule has 0 heterocycles. The van der Waals surface area contributed by atoms with Gasteiger partial charge in [-0.05, 0) is 66.3 Å². The Bertz CT molecular complexity index is 1080. The molecule has 32 heavy (non-hydrogen) atoms. The number of hydrogen-bond acceptors (Lipinski definition) is 0. The molecule has 2 aliphatic rings. The lowest BCUT2D eigenvalue weighted by molar-refractivity contribution is -0.138. The topological polar surface area (TPSA) is 0 Å². The molecule has 2 aromatic carbocycles. The normalized spacial score (nSPS) is 21.2. The molecule has 0 N–H and O–H groups in total. The lowest BCUT2D eigenvalue weighted by atomic mass is 9.73. The van der Waals surface area contributed by atoms with Crippen molar-refractivity contribution in [2.24, 2.45) is 5.92 Å². The zero-order valence-electron chi connectivity index (χ0n) is 17.2. The van der Waals surface area contributed by atoms with Crippen molar-refractivity contribution in [3.05, 3.63) is 77.7 Å². The Kier molecular flexibility index (Phi) is 5.72. The number of halogens is 8. The molecule has 0 saturated carbocycles. The molecule has 2 atom stereocenters. The van der Waals surface area contributed by atoms with Crippen molar-refractivity contribution in [1.29, 1.82) is 0 Å². The maximum Gasteiger partial charge on any atom is 0.416 e. The van der Waals surface area contributed by atoms with E-state index in [1.807, 2.05) is 32.9 Å². The van der Waals surface area contributed by atoms with Crippen LogP contribution >= 0.6 is 31.9 Å². The van der Waals surface area contributed by atoms with Crippen LogP contribution < -0.4 is 0 Å². The molecule has 0 bridgehead atoms. The van der Waals surface area contributed by atoms with Gasteiger partial charge < -0.3 is 0 Å². The Hall–Kier alpha value is -1.54. The van der Waals surface area contributed by atoms with E-state index in [0.717, 1.165) is 23.3 Å². The van der Waals surface area contributed by atoms with E-state index in [0.29, 0.717) is 31.2 Å². The van der Waals surface area contributed by atoms with Crippen LogP contribution in [0.3, 0.4) is 0 Å². The number of fused-ring (bicyclic) bond motifs is 2. The van der Waals surface area contributed by atoms with E-state index in [1.165, 1.54) is 12.1 Å². The molecule has 170 valence electrons. The summed E-state index contributed by atoms with van der Waals surface area (Å²) in [6.45, 7) is 5.62. The third kappa shape index (κ3) is 3.87. The molecule has 0 aromatic heterocycles. The number of hydrogen-bond donors (Lipinski definition) is 0. The van der Waals surface area contributed by atoms with Crippen molar-refractivity contribution in [1.82, 2.24) is 0 Å². The highest BCUT2D eigenvalue weighted by Crippen LogP contribution is 2.54. The fraction of sp³-hybridized carbons (Fsp3) is 0.333. The Balaban J connectivity index is 1.82. The minimum atomic E-state index is -4.50. The summed E-state index contributed by atoms with van der Waals surface area (Å²) in [5.74, 6) is -0.955. The molecule has 0 aliphatic heterocycles. The van der Waals surface area contributed by atoms with Crippen LogP contribution in [0.5, 0.6) is 0 Å². The molecule has 0 radical (unpaired) electrons. The molecule has 2 aromatic rings. The minimum Gasteiger partial charge on any atom is -0.166 e. The van der Waals surface area contributed by atoms with Gasteiger partial charge in [0.05, 0.1) is 11.1 Å². The Labute approximate surface area is 198 Å². The van der Waals surface area contributed by atoms with Gasteiger partial charge >= 0.3 is 12.4 Å². The second kappa shape index (κ2) is 7.76. The van der Waals surface area contributed by atoms with Crippen LogP contribution in [0.1, 0.15) is 66.0 Å². The highest BCUT2D eigenvalue weighted by Gasteiger charge is 2.41. The predicted molar refractivity (Wildman–Crippen MR) is 120 cm³/mol. The van der Waals surface area contributed by atoms with E-state index in [1.54, 1.807) is 0 Å². The van der Waals surface area contributed by atoms with E-state index >= 15 is 0 Å². The fourth-order valence-electron chi connectivity index (χ4n) is 5.14. The third-order valence-electron chi connectivity index (χ3n) is 6.42. The van der Waals surface area contributed by atoms with Crippen LogP contribution in [0.4, 0.5) is 26.3 Å². The fourth-order valence-corrected chi connectivity index (χ4v) is 6.32. The monoisotopic (exact) mass is 578 g/mol. The lowest BCUT2D eigenvalue weighted by Crippen LogP contribution is -2.19. The SMILES string of the molecule is CC1=Cc2c(Br)cc(C(F)(F)F)cc2C1C(C)C1C(C)=Cc2c(Br)cc(C(F)(F)F)cc21. The Morgan fingerprint density at radius 2 is 1.03 bits per heavy atom. The molecular weight excluding hydrogens is 562 g/mol. The van der Waals surface area contributed by atoms with Gasteiger partial charge in [-0.25, -0.2) is 0 Å². The highest BCUT2D eigenvalue weighted by atomic mass is 79.9. The largest absolute Gasteiger partial charge is 0.416 e. The van der Waals surface area contributed by atoms with E-state index < -0.39 is 23.5 Å². The smallest absolute Gasteiger partial charge is 0.166 e. The van der Waals surface area contributed by atoms with Crippen molar-refractivity contribution >= 4 is 44.0 Å². The van der Waals surface area contributed by atoms with Crippen LogP contribution in [0.25, 0.3) is 12.2 Å². The number of rotatable bonds is 2. The molecule has 2 aliphatic carbocycles. The van der Waals surface area contributed by atoms with Crippen molar-refractivity contribution in [3.63, 3.8) is 0 Å². The predicted octanol–water partition coefficient (Wildman–Crippen LogP) is 9.59. The lowest BCUT2D eigenvalue weighted by Gasteiger charge is -2.31. The van der Waals surface area contributed by atoms with Gasteiger partial charge in [0.2, 0.25) is 0 Å². The van der Waals surface area contributed by atoms with Crippen LogP contribution in [-0.4, -0.2) is 0 Å². The summed E-state index contributed by atoms with van der Waals surface area (Å²) >= 11 is 6.54. The maximum absolute atomic E-state index is 13.5. The summed E-state index contributed by atoms with van der Waals surface area (Å²) < 4.78 is 81.5. The number of benzene rings is 2. The van der Waals surface area contributed by atoms with Gasteiger partial charge in [0, 0.05) is 20.8 Å². The van der Waals surface area contributed by atoms with Crippen LogP contribution in [-0.2, 0) is 12.4 Å². The highest BCUT2D eigenvalue weighted by molar-refractivity contribution is 9.10. The quantitative estimate of drug-likeness (QED) is 0.311. The zero-order valence-corrected chi connectivity index (χ0v) is 20.4. The van der Waals surface area contributed by atoms with E-state index in [-0.39, 0.29) is 17.8 Å². The summed E-state index contributed by atoms with van der Waals surface area (Å²) in [6, 6.07) is 4.48. The van der Waals surface area contributed by atoms with Gasteiger partial charge in [0.1, 0.15) is 0 Å². The summed E-state index contributed by atoms with van der Waals surface area (Å²) in [5, 5.41) is 0. The van der Waals surface area contributed by atoms with E-state index in [4.69, 9.17) is 0 Å². The van der Waals surface area contributed by atoms with Gasteiger partial charge in [-0.15, -0.1) is 0 Å². The minimum absolute atomic E-state index is 0.254. The molecule has 0 spiro atoms. The van der Waals surface area contributed by atoms with Gasteiger partial charge in [0.25, 0.3) is 0 Å². The average molecular weight is 580 g/mol. The second-order valence-corrected chi connectivity index (χ2v) is 10.2. The number of alkyl halides is 6. The van der Waals surface area contributed by atoms with Gasteiger partial charge in [-0.1, -0.05) is 62.1 Å². The van der Waals surface area contributed by atoms with Crippen molar-refractivity contribution in [3.8, 4) is 0 Å². The van der Waals surface area contributed by atoms with Gasteiger partial charge in [0.15, 0.2) is 0 Å². The van der Waals surface area contributed by atoms with Gasteiger partial charge in [-0.2, -0.15) is 26.3 Å². The third-order valence-corrected chi connectivity index (χ3v) is 7.74. The van der Waals surface area contributed by atoms with E-state index in [2.05, 4.69) is 31.9 Å². The summed E-state index contributed by atoms with van der Waals surface area (Å²) in [6.07, 6.45) is -5.27. The molecule has 8 heteroatoms. The first-order chi connectivity index (χ1) is 14.7. The average Bonchev–Trinajstić information content (AvgIpc) is 3.16. The first-order valence-corrected chi connectivity index (χ1v) is 11.5. The molecule has 0 nitrogen and oxygen atoms in total. The van der Waals surface area contributed by atoms with Crippen LogP contribution in [0.15, 0.2) is 44.4 Å². The van der Waals surface area contributed by atoms with Gasteiger partial charge in [-0.3, -0.25) is 0 Å². The Morgan fingerprint density at radius 3 is 1.34 bits per heavy atom. The molecule has 0 fully saturated rings. The molecular formula is C24H18Br2F6. The number of allylic oxidation sites excluding steroid dienone is 2. The summed E-state index contributed by atoms with van der Waals surface area (Å²) in [4.78, 5) is 0. The molecule has 2 unspecified atom stereocenters. The Morgan fingerprint density at radius 1 is 0.688 bits per heavy atom. The van der Waals surface area contributed by atoms with Crippen molar-refractivity contribution < 1.29 is 26.3 Å². The second-order valence-electron chi connectivity index (χ2n) is 8.51. The van der Waals surface area contributed by atoms with Crippen molar-refractivity contribution in [2.45, 2.75) is 45.0 Å². The van der Waals surface area contributed by atoms with Crippen LogP contribution in [0.2, 0.25) is 0 Å². The van der Waals surface area contributed by atoms with E-state index in [9.17, 15) is 26.3 Å². The summed E-state index contributed by atoms with van der Waals surface area (Å²) in [7, 11) is 0. The first kappa shape index (κ1) is 23.6. The maximum atomic E-state index is 13.5. The van der Waals surface area contributed by atoms with Crippen molar-refractivity contribution in [2.75, 3.05) is 0 Å².